The van der Waals surface area contributed by atoms with E-state index in [2.05, 4.69) is 5.32 Å². The second-order valence-electron chi connectivity index (χ2n) is 9.21. The molecule has 0 aliphatic carbocycles. The summed E-state index contributed by atoms with van der Waals surface area (Å²) in [5.74, 6) is -0.0788. The number of hydrogen-bond donors (Lipinski definition) is 1. The van der Waals surface area contributed by atoms with Gasteiger partial charge in [-0.05, 0) is 63.2 Å². The van der Waals surface area contributed by atoms with E-state index < -0.39 is 11.6 Å². The highest BCUT2D eigenvalue weighted by Gasteiger charge is 2.38. The number of carbonyl (C=O) groups excluding carboxylic acids is 2. The lowest BCUT2D eigenvalue weighted by molar-refractivity contribution is -0.126. The van der Waals surface area contributed by atoms with Crippen LogP contribution < -0.4 is 10.2 Å². The molecule has 2 amide bonds. The summed E-state index contributed by atoms with van der Waals surface area (Å²) < 4.78 is 0. The van der Waals surface area contributed by atoms with Gasteiger partial charge in [0.05, 0.1) is 11.4 Å². The van der Waals surface area contributed by atoms with Crippen LogP contribution in [0.5, 0.6) is 0 Å². The van der Waals surface area contributed by atoms with Crippen LogP contribution in [0.4, 0.5) is 11.4 Å². The molecule has 0 aromatic heterocycles. The van der Waals surface area contributed by atoms with E-state index in [4.69, 9.17) is 16.6 Å². The van der Waals surface area contributed by atoms with Crippen molar-refractivity contribution < 1.29 is 9.59 Å². The fourth-order valence-corrected chi connectivity index (χ4v) is 4.04. The van der Waals surface area contributed by atoms with E-state index >= 15 is 0 Å². The van der Waals surface area contributed by atoms with Gasteiger partial charge in [0.15, 0.2) is 0 Å². The first-order chi connectivity index (χ1) is 16.2. The van der Waals surface area contributed by atoms with Gasteiger partial charge >= 0.3 is 0 Å². The molecule has 1 aliphatic heterocycles. The van der Waals surface area contributed by atoms with Crippen molar-refractivity contribution in [2.45, 2.75) is 32.4 Å². The average molecular weight is 475 g/mol. The largest absolute Gasteiger partial charge is 0.349 e. The van der Waals surface area contributed by atoms with Gasteiger partial charge in [0, 0.05) is 28.7 Å². The summed E-state index contributed by atoms with van der Waals surface area (Å²) in [6.07, 6.45) is 0. The Balaban J connectivity index is 1.86. The minimum Gasteiger partial charge on any atom is -0.349 e. The monoisotopic (exact) mass is 474 g/mol. The Hall–Kier alpha value is -3.64. The molecule has 0 saturated carbocycles. The molecule has 0 bridgehead atoms. The smallest absolute Gasteiger partial charge is 0.265 e. The maximum absolute atomic E-state index is 13.8. The van der Waals surface area contributed by atoms with Crippen molar-refractivity contribution >= 4 is 40.7 Å². The van der Waals surface area contributed by atoms with Crippen LogP contribution in [-0.2, 0) is 4.79 Å². The minimum atomic E-state index is -0.665. The fraction of sp³-hybridized carbons (Fsp3) is 0.222. The Morgan fingerprint density at radius 2 is 1.56 bits per heavy atom. The lowest BCUT2D eigenvalue weighted by Crippen LogP contribution is -2.54. The van der Waals surface area contributed by atoms with Crippen LogP contribution in [0.2, 0.25) is 5.02 Å². The number of amides is 2. The predicted molar refractivity (Wildman–Crippen MR) is 137 cm³/mol. The van der Waals surface area contributed by atoms with Crippen molar-refractivity contribution in [1.29, 1.82) is 0 Å². The number of likely N-dealkylation sites (N-methyl/N-ethyl adjacent to an activating group) is 1. The Labute approximate surface area is 204 Å². The van der Waals surface area contributed by atoms with E-state index in [-0.39, 0.29) is 11.8 Å². The highest BCUT2D eigenvalue weighted by Crippen LogP contribution is 2.36. The van der Waals surface area contributed by atoms with Crippen molar-refractivity contribution in [3.05, 3.63) is 95.0 Å². The standard InChI is InChI=1S/C27H27ClN4O2/c1-27(2,3)30-24(33)23-21-12-8-9-13-22(21)29-26(31(23)4)32(20-16-14-19(28)15-17-20)25(34)18-10-6-5-7-11-18/h5-17,23H,1-4H3,(H,30,33). The lowest BCUT2D eigenvalue weighted by Gasteiger charge is -2.39. The van der Waals surface area contributed by atoms with Crippen LogP contribution in [0.3, 0.4) is 0 Å². The maximum Gasteiger partial charge on any atom is 0.265 e. The molecule has 4 rings (SSSR count). The number of carbonyl (C=O) groups is 2. The van der Waals surface area contributed by atoms with Crippen LogP contribution >= 0.6 is 11.6 Å². The van der Waals surface area contributed by atoms with Gasteiger partial charge in [0.25, 0.3) is 5.91 Å². The minimum absolute atomic E-state index is 0.168. The van der Waals surface area contributed by atoms with Gasteiger partial charge in [-0.3, -0.25) is 9.59 Å². The van der Waals surface area contributed by atoms with Gasteiger partial charge in [0.2, 0.25) is 11.9 Å². The van der Waals surface area contributed by atoms with Crippen molar-refractivity contribution in [2.75, 3.05) is 11.9 Å². The Bertz CT molecular complexity index is 1230. The normalized spacial score (nSPS) is 15.3. The fourth-order valence-electron chi connectivity index (χ4n) is 3.92. The van der Waals surface area contributed by atoms with Gasteiger partial charge < -0.3 is 10.2 Å². The molecule has 174 valence electrons. The van der Waals surface area contributed by atoms with E-state index in [9.17, 15) is 9.59 Å². The molecule has 0 spiro atoms. The summed E-state index contributed by atoms with van der Waals surface area (Å²) >= 11 is 6.12. The molecule has 1 aliphatic rings. The molecule has 1 N–H and O–H groups in total. The van der Waals surface area contributed by atoms with Gasteiger partial charge in [-0.15, -0.1) is 0 Å². The SMILES string of the molecule is CN1C(N(C(=O)c2ccccc2)c2ccc(Cl)cc2)=Nc2ccccc2C1C(=O)NC(C)(C)C. The Kier molecular flexibility index (Phi) is 6.44. The van der Waals surface area contributed by atoms with Crippen LogP contribution in [0.1, 0.15) is 42.7 Å². The van der Waals surface area contributed by atoms with Crippen LogP contribution in [0.15, 0.2) is 83.9 Å². The van der Waals surface area contributed by atoms with E-state index in [1.165, 1.54) is 4.90 Å². The first-order valence-corrected chi connectivity index (χ1v) is 11.4. The van der Waals surface area contributed by atoms with Crippen LogP contribution in [0, 0.1) is 0 Å². The van der Waals surface area contributed by atoms with Gasteiger partial charge in [-0.2, -0.15) is 0 Å². The third-order valence-corrected chi connectivity index (χ3v) is 5.66. The number of guanidine groups is 1. The zero-order chi connectivity index (χ0) is 24.5. The third-order valence-electron chi connectivity index (χ3n) is 5.41. The molecule has 1 heterocycles. The summed E-state index contributed by atoms with van der Waals surface area (Å²) in [5.41, 5.74) is 2.10. The molecular formula is C27H27ClN4O2. The molecule has 0 saturated heterocycles. The molecule has 7 heteroatoms. The summed E-state index contributed by atoms with van der Waals surface area (Å²) in [5, 5.41) is 3.63. The molecular weight excluding hydrogens is 448 g/mol. The van der Waals surface area contributed by atoms with Gasteiger partial charge in [-0.25, -0.2) is 9.89 Å². The van der Waals surface area contributed by atoms with Crippen molar-refractivity contribution in [2.24, 2.45) is 4.99 Å². The Morgan fingerprint density at radius 1 is 0.941 bits per heavy atom. The molecule has 0 radical (unpaired) electrons. The number of halogens is 1. The molecule has 1 atom stereocenters. The highest BCUT2D eigenvalue weighted by molar-refractivity contribution is 6.31. The summed E-state index contributed by atoms with van der Waals surface area (Å²) in [6, 6.07) is 22.8. The molecule has 6 nitrogen and oxygen atoms in total. The number of para-hydroxylation sites is 1. The molecule has 3 aromatic carbocycles. The number of benzene rings is 3. The van der Waals surface area contributed by atoms with Crippen molar-refractivity contribution in [3.8, 4) is 0 Å². The van der Waals surface area contributed by atoms with E-state index in [1.807, 2.05) is 63.2 Å². The van der Waals surface area contributed by atoms with Gasteiger partial charge in [0.1, 0.15) is 6.04 Å². The second kappa shape index (κ2) is 9.31. The zero-order valence-electron chi connectivity index (χ0n) is 19.6. The van der Waals surface area contributed by atoms with Crippen LogP contribution in [-0.4, -0.2) is 35.3 Å². The van der Waals surface area contributed by atoms with Crippen molar-refractivity contribution in [3.63, 3.8) is 0 Å². The first kappa shape index (κ1) is 23.5. The number of anilines is 1. The lowest BCUT2D eigenvalue weighted by atomic mass is 9.99. The Morgan fingerprint density at radius 3 is 2.21 bits per heavy atom. The summed E-state index contributed by atoms with van der Waals surface area (Å²) in [6.45, 7) is 5.81. The van der Waals surface area contributed by atoms with E-state index in [0.717, 1.165) is 5.56 Å². The number of aliphatic imine (C=N–C) groups is 1. The summed E-state index contributed by atoms with van der Waals surface area (Å²) in [7, 11) is 1.78. The number of nitrogens with zero attached hydrogens (tertiary/aromatic N) is 3. The van der Waals surface area contributed by atoms with E-state index in [1.54, 1.807) is 48.3 Å². The van der Waals surface area contributed by atoms with E-state index in [0.29, 0.717) is 27.9 Å². The molecule has 1 unspecified atom stereocenters. The number of rotatable bonds is 3. The molecule has 3 aromatic rings. The second-order valence-corrected chi connectivity index (χ2v) is 9.64. The number of hydrogen-bond acceptors (Lipinski definition) is 4. The average Bonchev–Trinajstić information content (AvgIpc) is 2.80. The quantitative estimate of drug-likeness (QED) is 0.539. The van der Waals surface area contributed by atoms with Gasteiger partial charge in [-0.1, -0.05) is 48.0 Å². The zero-order valence-corrected chi connectivity index (χ0v) is 20.4. The van der Waals surface area contributed by atoms with Crippen LogP contribution in [0.25, 0.3) is 0 Å². The molecule has 34 heavy (non-hydrogen) atoms. The maximum atomic E-state index is 13.8. The number of fused-ring (bicyclic) bond motifs is 1. The summed E-state index contributed by atoms with van der Waals surface area (Å²) in [4.78, 5) is 35.3. The van der Waals surface area contributed by atoms with Crippen molar-refractivity contribution in [1.82, 2.24) is 10.2 Å². The predicted octanol–water partition coefficient (Wildman–Crippen LogP) is 5.58. The topological polar surface area (TPSA) is 65.0 Å². The molecule has 0 fully saturated rings. The number of nitrogens with one attached hydrogen (secondary N) is 1. The highest BCUT2D eigenvalue weighted by atomic mass is 35.5. The first-order valence-electron chi connectivity index (χ1n) is 11.0. The third kappa shape index (κ3) is 4.82.